The molecule has 0 bridgehead atoms. The molecule has 0 aliphatic carbocycles. The molecule has 0 aromatic carbocycles. The second kappa shape index (κ2) is 22.4. The largest absolute Gasteiger partial charge is 0.452 e. The Bertz CT molecular complexity index is 486. The van der Waals surface area contributed by atoms with Crippen molar-refractivity contribution in [3.63, 3.8) is 0 Å². The first-order valence-electron chi connectivity index (χ1n) is 13.7. The van der Waals surface area contributed by atoms with Gasteiger partial charge in [0, 0.05) is 6.42 Å². The van der Waals surface area contributed by atoms with Gasteiger partial charge in [-0.3, -0.25) is 9.59 Å². The van der Waals surface area contributed by atoms with Crippen LogP contribution in [0.5, 0.6) is 0 Å². The number of aliphatic hydroxyl groups is 4. The fourth-order valence-electron chi connectivity index (χ4n) is 4.27. The lowest BCUT2D eigenvalue weighted by atomic mass is 9.91. The van der Waals surface area contributed by atoms with Gasteiger partial charge < -0.3 is 25.2 Å². The third-order valence-electron chi connectivity index (χ3n) is 6.56. The highest BCUT2D eigenvalue weighted by molar-refractivity contribution is 5.73. The molecule has 0 aromatic rings. The maximum Gasteiger partial charge on any atom is 0.306 e. The second-order valence-corrected chi connectivity index (χ2v) is 9.71. The molecule has 7 nitrogen and oxygen atoms in total. The average Bonchev–Trinajstić information content (AvgIpc) is 2.84. The first-order chi connectivity index (χ1) is 16.4. The first kappa shape index (κ1) is 33.0. The molecule has 5 atom stereocenters. The average molecular weight is 489 g/mol. The van der Waals surface area contributed by atoms with Crippen LogP contribution in [0.1, 0.15) is 123 Å². The van der Waals surface area contributed by atoms with Crippen LogP contribution in [0.25, 0.3) is 0 Å². The van der Waals surface area contributed by atoms with Gasteiger partial charge >= 0.3 is 5.97 Å². The fourth-order valence-corrected chi connectivity index (χ4v) is 4.27. The number of aliphatic hydroxyl groups excluding tert-OH is 4. The van der Waals surface area contributed by atoms with E-state index >= 15 is 0 Å². The molecule has 0 radical (unpaired) electrons. The summed E-state index contributed by atoms with van der Waals surface area (Å²) in [5.74, 6) is -0.423. The molecule has 0 saturated heterocycles. The summed E-state index contributed by atoms with van der Waals surface area (Å²) < 4.78 is 5.14. The molecule has 202 valence electrons. The van der Waals surface area contributed by atoms with Gasteiger partial charge in [-0.25, -0.2) is 0 Å². The van der Waals surface area contributed by atoms with E-state index in [0.29, 0.717) is 0 Å². The number of unbranched alkanes of at least 4 members (excludes halogenated alkanes) is 12. The van der Waals surface area contributed by atoms with Crippen LogP contribution in [0.3, 0.4) is 0 Å². The van der Waals surface area contributed by atoms with Crippen LogP contribution in [0, 0.1) is 5.92 Å². The van der Waals surface area contributed by atoms with Crippen molar-refractivity contribution in [1.82, 2.24) is 0 Å². The zero-order valence-corrected chi connectivity index (χ0v) is 21.7. The van der Waals surface area contributed by atoms with Gasteiger partial charge in [0.1, 0.15) is 18.3 Å². The molecule has 0 aliphatic heterocycles. The summed E-state index contributed by atoms with van der Waals surface area (Å²) in [4.78, 5) is 23.8. The Morgan fingerprint density at radius 2 is 1.18 bits per heavy atom. The number of hydrogen-bond donors (Lipinski definition) is 4. The quantitative estimate of drug-likeness (QED) is 0.0898. The van der Waals surface area contributed by atoms with E-state index in [4.69, 9.17) is 9.84 Å². The number of rotatable bonds is 24. The van der Waals surface area contributed by atoms with Crippen molar-refractivity contribution in [2.75, 3.05) is 6.61 Å². The van der Waals surface area contributed by atoms with Crippen molar-refractivity contribution in [3.05, 3.63) is 0 Å². The van der Waals surface area contributed by atoms with Crippen LogP contribution in [0.4, 0.5) is 0 Å². The summed E-state index contributed by atoms with van der Waals surface area (Å²) in [6, 6.07) is 0. The molecular weight excluding hydrogens is 436 g/mol. The highest BCUT2D eigenvalue weighted by Crippen LogP contribution is 2.23. The maximum absolute atomic E-state index is 12.5. The lowest BCUT2D eigenvalue weighted by Crippen LogP contribution is -2.48. The van der Waals surface area contributed by atoms with Gasteiger partial charge in [0.05, 0.1) is 6.61 Å². The van der Waals surface area contributed by atoms with Crippen LogP contribution >= 0.6 is 0 Å². The van der Waals surface area contributed by atoms with Gasteiger partial charge in [-0.1, -0.05) is 104 Å². The van der Waals surface area contributed by atoms with E-state index in [2.05, 4.69) is 13.8 Å². The third kappa shape index (κ3) is 16.6. The van der Waals surface area contributed by atoms with Crippen LogP contribution < -0.4 is 0 Å². The molecule has 0 rings (SSSR count). The Morgan fingerprint density at radius 3 is 1.59 bits per heavy atom. The van der Waals surface area contributed by atoms with Crippen molar-refractivity contribution in [2.24, 2.45) is 5.92 Å². The molecule has 0 spiro atoms. The smallest absolute Gasteiger partial charge is 0.306 e. The van der Waals surface area contributed by atoms with E-state index in [0.717, 1.165) is 38.5 Å². The highest BCUT2D eigenvalue weighted by atomic mass is 16.6. The first-order valence-corrected chi connectivity index (χ1v) is 13.7. The van der Waals surface area contributed by atoms with Gasteiger partial charge in [-0.05, 0) is 18.8 Å². The van der Waals surface area contributed by atoms with Gasteiger partial charge in [-0.2, -0.15) is 0 Å². The Hall–Kier alpha value is -1.02. The molecule has 7 heteroatoms. The van der Waals surface area contributed by atoms with Gasteiger partial charge in [-0.15, -0.1) is 0 Å². The van der Waals surface area contributed by atoms with Crippen molar-refractivity contribution in [3.8, 4) is 0 Å². The van der Waals surface area contributed by atoms with E-state index in [9.17, 15) is 24.9 Å². The minimum atomic E-state index is -1.80. The molecule has 1 unspecified atom stereocenters. The van der Waals surface area contributed by atoms with Crippen molar-refractivity contribution < 1.29 is 34.8 Å². The van der Waals surface area contributed by atoms with Gasteiger partial charge in [0.15, 0.2) is 12.4 Å². The molecule has 0 heterocycles. The molecule has 0 amide bonds. The molecule has 0 saturated carbocycles. The summed E-state index contributed by atoms with van der Waals surface area (Å²) in [5.41, 5.74) is 0. The van der Waals surface area contributed by atoms with Gasteiger partial charge in [0.25, 0.3) is 0 Å². The van der Waals surface area contributed by atoms with Crippen LogP contribution in [-0.2, 0) is 14.3 Å². The van der Waals surface area contributed by atoms with E-state index in [1.54, 1.807) is 0 Å². The number of carbonyl (C=O) groups excluding carboxylic acids is 2. The number of hydrogen-bond acceptors (Lipinski definition) is 7. The Morgan fingerprint density at radius 1 is 0.735 bits per heavy atom. The number of ether oxygens (including phenoxy) is 1. The Labute approximate surface area is 207 Å². The zero-order chi connectivity index (χ0) is 25.6. The summed E-state index contributed by atoms with van der Waals surface area (Å²) >= 11 is 0. The van der Waals surface area contributed by atoms with Gasteiger partial charge in [0.2, 0.25) is 0 Å². The standard InChI is InChI=1S/C27H52O7/c1-3-5-7-9-11-12-14-16-18-22(17-15-13-10-8-6-4-2)19-25(31)34-24(21-29)27(33)26(32)23(30)20-28/h21-24,26-28,30,32-33H,3-20H2,1-2H3/t22?,23-,24+,26-,27-/m1/s1. The van der Waals surface area contributed by atoms with Crippen molar-refractivity contribution >= 4 is 12.3 Å². The van der Waals surface area contributed by atoms with E-state index in [1.165, 1.54) is 64.2 Å². The lowest BCUT2D eigenvalue weighted by Gasteiger charge is -2.26. The monoisotopic (exact) mass is 488 g/mol. The Kier molecular flexibility index (Phi) is 21.8. The maximum atomic E-state index is 12.5. The fraction of sp³-hybridized carbons (Fsp3) is 0.926. The molecule has 0 aliphatic rings. The lowest BCUT2D eigenvalue weighted by molar-refractivity contribution is -0.169. The summed E-state index contributed by atoms with van der Waals surface area (Å²) in [6.45, 7) is 3.63. The summed E-state index contributed by atoms with van der Waals surface area (Å²) in [5, 5.41) is 38.3. The van der Waals surface area contributed by atoms with Crippen molar-refractivity contribution in [1.29, 1.82) is 0 Å². The van der Waals surface area contributed by atoms with Crippen molar-refractivity contribution in [2.45, 2.75) is 147 Å². The van der Waals surface area contributed by atoms with E-state index in [-0.39, 0.29) is 18.6 Å². The Balaban J connectivity index is 4.61. The van der Waals surface area contributed by atoms with E-state index in [1.807, 2.05) is 0 Å². The number of esters is 1. The topological polar surface area (TPSA) is 124 Å². The number of aldehydes is 1. The SMILES string of the molecule is CCCCCCCCCCC(CCCCCCCC)CC(=O)O[C@@H](C=O)[C@@H](O)[C@H](O)[C@H](O)CO. The van der Waals surface area contributed by atoms with E-state index < -0.39 is 37.0 Å². The van der Waals surface area contributed by atoms with Crippen LogP contribution in [-0.4, -0.2) is 63.7 Å². The molecular formula is C27H52O7. The van der Waals surface area contributed by atoms with Crippen LogP contribution in [0.2, 0.25) is 0 Å². The predicted molar refractivity (Wildman–Crippen MR) is 134 cm³/mol. The second-order valence-electron chi connectivity index (χ2n) is 9.71. The minimum Gasteiger partial charge on any atom is -0.452 e. The molecule has 0 aromatic heterocycles. The third-order valence-corrected chi connectivity index (χ3v) is 6.56. The summed E-state index contributed by atoms with van der Waals surface area (Å²) in [7, 11) is 0. The highest BCUT2D eigenvalue weighted by Gasteiger charge is 2.33. The van der Waals surface area contributed by atoms with Crippen LogP contribution in [0.15, 0.2) is 0 Å². The zero-order valence-electron chi connectivity index (χ0n) is 21.7. The normalized spacial score (nSPS) is 15.9. The number of carbonyl (C=O) groups is 2. The molecule has 4 N–H and O–H groups in total. The summed E-state index contributed by atoms with van der Waals surface area (Å²) in [6.07, 6.45) is 12.4. The molecule has 0 fully saturated rings. The predicted octanol–water partition coefficient (Wildman–Crippen LogP) is 4.46. The molecule has 34 heavy (non-hydrogen) atoms. The minimum absolute atomic E-state index is 0.163.